The molecule has 5 rings (SSSR count). The van der Waals surface area contributed by atoms with E-state index in [2.05, 4.69) is 30.9 Å². The van der Waals surface area contributed by atoms with Crippen molar-refractivity contribution in [2.45, 2.75) is 37.1 Å². The first-order valence-corrected chi connectivity index (χ1v) is 15.0. The number of aromatic nitrogens is 3. The summed E-state index contributed by atoms with van der Waals surface area (Å²) in [4.78, 5) is 52.8. The van der Waals surface area contributed by atoms with Crippen LogP contribution in [0.2, 0.25) is 0 Å². The van der Waals surface area contributed by atoms with Crippen LogP contribution in [0.15, 0.2) is 81.4 Å². The number of esters is 1. The van der Waals surface area contributed by atoms with Crippen LogP contribution in [0.1, 0.15) is 36.9 Å². The number of anilines is 1. The summed E-state index contributed by atoms with van der Waals surface area (Å²) in [5.41, 5.74) is 2.59. The number of H-pyrrole nitrogens is 1. The zero-order valence-corrected chi connectivity index (χ0v) is 26.1. The SMILES string of the molecule is CCOC(=O)C1=C(C)N=c2s/c(=C/c3cc(Br)c(Sc4nc(C)cc(=O)[nH]4)o3)c(=O)n2[C@H]1c1ccc(N(C)C)cc1. The van der Waals surface area contributed by atoms with Crippen molar-refractivity contribution in [3.63, 3.8) is 0 Å². The van der Waals surface area contributed by atoms with E-state index in [0.717, 1.165) is 23.0 Å². The highest BCUT2D eigenvalue weighted by Gasteiger charge is 2.33. The standard InChI is InChI=1S/C28H26BrN5O5S2/c1-6-38-25(37)22-15(3)31-28-34(23(22)16-7-9-17(10-8-16)33(4)5)24(36)20(40-28)13-18-12-19(29)26(39-18)41-27-30-14(2)11-21(35)32-27/h7-13,23H,6H2,1-5H3,(H,30,32,35)/b20-13+/t23-/m0/s1. The minimum atomic E-state index is -0.706. The number of hydrogen-bond acceptors (Lipinski definition) is 10. The fourth-order valence-electron chi connectivity index (χ4n) is 4.39. The van der Waals surface area contributed by atoms with Crippen LogP contribution in [0, 0.1) is 6.92 Å². The van der Waals surface area contributed by atoms with Gasteiger partial charge in [-0.05, 0) is 72.2 Å². The Bertz CT molecular complexity index is 1920. The molecule has 1 atom stereocenters. The molecule has 1 aliphatic heterocycles. The molecule has 0 radical (unpaired) electrons. The van der Waals surface area contributed by atoms with Crippen LogP contribution in [0.5, 0.6) is 0 Å². The second-order valence-electron chi connectivity index (χ2n) is 9.37. The maximum absolute atomic E-state index is 13.9. The minimum absolute atomic E-state index is 0.200. The van der Waals surface area contributed by atoms with Crippen LogP contribution in [0.25, 0.3) is 6.08 Å². The van der Waals surface area contributed by atoms with Crippen LogP contribution in [-0.2, 0) is 9.53 Å². The van der Waals surface area contributed by atoms with Gasteiger partial charge >= 0.3 is 5.97 Å². The summed E-state index contributed by atoms with van der Waals surface area (Å²) in [7, 11) is 3.89. The Morgan fingerprint density at radius 3 is 2.63 bits per heavy atom. The van der Waals surface area contributed by atoms with Crippen molar-refractivity contribution in [3.05, 3.63) is 99.2 Å². The van der Waals surface area contributed by atoms with E-state index in [1.54, 1.807) is 32.9 Å². The van der Waals surface area contributed by atoms with Gasteiger partial charge in [0.15, 0.2) is 15.1 Å². The lowest BCUT2D eigenvalue weighted by Crippen LogP contribution is -2.39. The second-order valence-corrected chi connectivity index (χ2v) is 12.2. The molecule has 1 aromatic carbocycles. The predicted molar refractivity (Wildman–Crippen MR) is 161 cm³/mol. The molecule has 41 heavy (non-hydrogen) atoms. The highest BCUT2D eigenvalue weighted by atomic mass is 79.9. The number of hydrogen-bond donors (Lipinski definition) is 1. The molecule has 0 saturated heterocycles. The number of ether oxygens (including phenoxy) is 1. The Hall–Kier alpha value is -3.68. The molecule has 212 valence electrons. The van der Waals surface area contributed by atoms with Gasteiger partial charge in [-0.15, -0.1) is 0 Å². The molecule has 10 nitrogen and oxygen atoms in total. The Kier molecular flexibility index (Phi) is 8.20. The van der Waals surface area contributed by atoms with Crippen LogP contribution >= 0.6 is 39.0 Å². The lowest BCUT2D eigenvalue weighted by Gasteiger charge is -2.25. The van der Waals surface area contributed by atoms with Gasteiger partial charge in [-0.25, -0.2) is 14.8 Å². The number of fused-ring (bicyclic) bond motifs is 1. The van der Waals surface area contributed by atoms with Crippen molar-refractivity contribution >= 4 is 56.8 Å². The monoisotopic (exact) mass is 655 g/mol. The number of nitrogens with one attached hydrogen (secondary N) is 1. The molecule has 0 saturated carbocycles. The van der Waals surface area contributed by atoms with Crippen LogP contribution < -0.4 is 25.4 Å². The summed E-state index contributed by atoms with van der Waals surface area (Å²) in [6.45, 7) is 5.43. The largest absolute Gasteiger partial charge is 0.463 e. The zero-order valence-electron chi connectivity index (χ0n) is 22.9. The van der Waals surface area contributed by atoms with Crippen LogP contribution in [-0.4, -0.2) is 41.2 Å². The molecule has 0 spiro atoms. The topological polar surface area (TPSA) is 123 Å². The molecule has 13 heteroatoms. The Labute approximate surface area is 251 Å². The maximum Gasteiger partial charge on any atom is 0.338 e. The number of nitrogens with zero attached hydrogens (tertiary/aromatic N) is 4. The average Bonchev–Trinajstić information content (AvgIpc) is 3.40. The molecule has 0 aliphatic carbocycles. The molecule has 4 aromatic rings. The summed E-state index contributed by atoms with van der Waals surface area (Å²) in [5.74, 6) is -0.0861. The lowest BCUT2D eigenvalue weighted by atomic mass is 9.95. The van der Waals surface area contributed by atoms with Gasteiger partial charge in [0.2, 0.25) is 0 Å². The summed E-state index contributed by atoms with van der Waals surface area (Å²) in [5, 5.41) is 0.857. The molecule has 0 amide bonds. The Morgan fingerprint density at radius 1 is 1.24 bits per heavy atom. The molecule has 1 aliphatic rings. The number of thiazole rings is 1. The number of benzene rings is 1. The fourth-order valence-corrected chi connectivity index (χ4v) is 6.78. The summed E-state index contributed by atoms with van der Waals surface area (Å²) >= 11 is 5.85. The highest BCUT2D eigenvalue weighted by molar-refractivity contribution is 9.10. The Balaban J connectivity index is 1.60. The van der Waals surface area contributed by atoms with Crippen molar-refractivity contribution in [1.82, 2.24) is 14.5 Å². The highest BCUT2D eigenvalue weighted by Crippen LogP contribution is 2.35. The van der Waals surface area contributed by atoms with E-state index in [0.29, 0.717) is 46.8 Å². The summed E-state index contributed by atoms with van der Waals surface area (Å²) in [6, 6.07) is 10.1. The van der Waals surface area contributed by atoms with Gasteiger partial charge in [0.1, 0.15) is 5.76 Å². The van der Waals surface area contributed by atoms with E-state index in [4.69, 9.17) is 9.15 Å². The molecule has 3 aromatic heterocycles. The first-order valence-electron chi connectivity index (χ1n) is 12.6. The van der Waals surface area contributed by atoms with Gasteiger partial charge < -0.3 is 19.0 Å². The van der Waals surface area contributed by atoms with Crippen LogP contribution in [0.3, 0.4) is 0 Å². The summed E-state index contributed by atoms with van der Waals surface area (Å²) < 4.78 is 13.9. The van der Waals surface area contributed by atoms with Gasteiger partial charge in [0.05, 0.1) is 32.9 Å². The third-order valence-corrected chi connectivity index (χ3v) is 8.94. The van der Waals surface area contributed by atoms with E-state index in [9.17, 15) is 14.4 Å². The van der Waals surface area contributed by atoms with Gasteiger partial charge in [-0.1, -0.05) is 23.5 Å². The first kappa shape index (κ1) is 28.8. The zero-order chi connectivity index (χ0) is 29.4. The second kappa shape index (κ2) is 11.7. The molecule has 1 N–H and O–H groups in total. The van der Waals surface area contributed by atoms with Gasteiger partial charge in [-0.2, -0.15) is 0 Å². The third kappa shape index (κ3) is 5.88. The number of furan rings is 1. The smallest absolute Gasteiger partial charge is 0.338 e. The van der Waals surface area contributed by atoms with E-state index < -0.39 is 12.0 Å². The van der Waals surface area contributed by atoms with Gasteiger partial charge in [0, 0.05) is 37.6 Å². The van der Waals surface area contributed by atoms with E-state index in [1.165, 1.54) is 22.0 Å². The Morgan fingerprint density at radius 2 is 1.98 bits per heavy atom. The van der Waals surface area contributed by atoms with Crippen molar-refractivity contribution in [2.24, 2.45) is 4.99 Å². The molecule has 0 bridgehead atoms. The van der Waals surface area contributed by atoms with Crippen LogP contribution in [0.4, 0.5) is 5.69 Å². The number of aromatic amines is 1. The van der Waals surface area contributed by atoms with E-state index >= 15 is 0 Å². The molecular formula is C28H26BrN5O5S2. The average molecular weight is 657 g/mol. The van der Waals surface area contributed by atoms with E-state index in [-0.39, 0.29) is 17.7 Å². The van der Waals surface area contributed by atoms with Gasteiger partial charge in [0.25, 0.3) is 11.1 Å². The molecule has 0 unspecified atom stereocenters. The van der Waals surface area contributed by atoms with E-state index in [1.807, 2.05) is 43.3 Å². The molecular weight excluding hydrogens is 630 g/mol. The third-order valence-electron chi connectivity index (χ3n) is 6.23. The van der Waals surface area contributed by atoms with Crippen molar-refractivity contribution in [1.29, 1.82) is 0 Å². The number of aryl methyl sites for hydroxylation is 1. The quantitative estimate of drug-likeness (QED) is 0.236. The summed E-state index contributed by atoms with van der Waals surface area (Å²) in [6.07, 6.45) is 1.64. The minimum Gasteiger partial charge on any atom is -0.463 e. The number of carbonyl (C=O) groups excluding carboxylic acids is 1. The van der Waals surface area contributed by atoms with Crippen molar-refractivity contribution in [2.75, 3.05) is 25.6 Å². The lowest BCUT2D eigenvalue weighted by molar-refractivity contribution is -0.139. The molecule has 0 fully saturated rings. The number of halogens is 1. The number of allylic oxidation sites excluding steroid dienone is 1. The predicted octanol–water partition coefficient (Wildman–Crippen LogP) is 3.76. The van der Waals surface area contributed by atoms with Gasteiger partial charge in [-0.3, -0.25) is 14.2 Å². The maximum atomic E-state index is 13.9. The number of rotatable bonds is 7. The fraction of sp³-hybridized carbons (Fsp3) is 0.250. The van der Waals surface area contributed by atoms with Crippen molar-refractivity contribution in [3.8, 4) is 0 Å². The molecule has 4 heterocycles. The first-order chi connectivity index (χ1) is 19.5. The van der Waals surface area contributed by atoms with Crippen molar-refractivity contribution < 1.29 is 13.9 Å². The normalized spacial score (nSPS) is 15.1. The number of carbonyl (C=O) groups is 1.